The Hall–Kier alpha value is -4.00. The van der Waals surface area contributed by atoms with Crippen molar-refractivity contribution in [2.45, 2.75) is 24.0 Å². The number of amides is 1. The molecule has 2 heterocycles. The highest BCUT2D eigenvalue weighted by molar-refractivity contribution is 7.92. The molecule has 12 heteroatoms. The Morgan fingerprint density at radius 2 is 1.92 bits per heavy atom. The average molecular weight is 554 g/mol. The van der Waals surface area contributed by atoms with Crippen molar-refractivity contribution in [3.63, 3.8) is 0 Å². The van der Waals surface area contributed by atoms with E-state index in [4.69, 9.17) is 9.47 Å². The van der Waals surface area contributed by atoms with E-state index in [9.17, 15) is 17.6 Å². The number of hydrogen-bond donors (Lipinski definition) is 3. The minimum absolute atomic E-state index is 0.0914. The van der Waals surface area contributed by atoms with Gasteiger partial charge in [-0.3, -0.25) is 14.2 Å². The van der Waals surface area contributed by atoms with Crippen LogP contribution in [0.1, 0.15) is 11.1 Å². The number of nitrogens with zero attached hydrogens (tertiary/aromatic N) is 2. The highest BCUT2D eigenvalue weighted by Gasteiger charge is 2.22. The molecular formula is C27H28FN5O5S. The van der Waals surface area contributed by atoms with Gasteiger partial charge in [-0.1, -0.05) is 30.3 Å². The molecule has 1 aliphatic heterocycles. The first-order valence-corrected chi connectivity index (χ1v) is 13.8. The second kappa shape index (κ2) is 11.4. The van der Waals surface area contributed by atoms with Crippen LogP contribution in [-0.2, 0) is 32.6 Å². The molecule has 204 valence electrons. The van der Waals surface area contributed by atoms with E-state index in [-0.39, 0.29) is 22.7 Å². The second-order valence-corrected chi connectivity index (χ2v) is 10.7. The Kier molecular flexibility index (Phi) is 7.77. The molecular weight excluding hydrogens is 525 g/mol. The number of sulfonamides is 1. The van der Waals surface area contributed by atoms with Crippen molar-refractivity contribution >= 4 is 32.7 Å². The summed E-state index contributed by atoms with van der Waals surface area (Å²) >= 11 is 0. The maximum atomic E-state index is 13.3. The van der Waals surface area contributed by atoms with Gasteiger partial charge in [0.1, 0.15) is 17.6 Å². The van der Waals surface area contributed by atoms with E-state index in [1.165, 1.54) is 19.2 Å². The van der Waals surface area contributed by atoms with Gasteiger partial charge in [-0.15, -0.1) is 0 Å². The lowest BCUT2D eigenvalue weighted by Crippen LogP contribution is -2.51. The summed E-state index contributed by atoms with van der Waals surface area (Å²) in [7, 11) is -2.54. The molecule has 0 spiro atoms. The van der Waals surface area contributed by atoms with Crippen molar-refractivity contribution in [2.24, 2.45) is 0 Å². The van der Waals surface area contributed by atoms with Gasteiger partial charge in [-0.25, -0.2) is 12.8 Å². The van der Waals surface area contributed by atoms with Crippen LogP contribution in [0.3, 0.4) is 0 Å². The van der Waals surface area contributed by atoms with Crippen LogP contribution in [0.5, 0.6) is 5.75 Å². The van der Waals surface area contributed by atoms with Gasteiger partial charge in [0, 0.05) is 13.1 Å². The van der Waals surface area contributed by atoms with Gasteiger partial charge in [0.25, 0.3) is 10.0 Å². The summed E-state index contributed by atoms with van der Waals surface area (Å²) < 4.78 is 54.5. The van der Waals surface area contributed by atoms with Crippen LogP contribution in [0.4, 0.5) is 10.2 Å². The van der Waals surface area contributed by atoms with E-state index in [0.29, 0.717) is 49.5 Å². The Balaban J connectivity index is 1.39. The van der Waals surface area contributed by atoms with Crippen LogP contribution < -0.4 is 20.1 Å². The van der Waals surface area contributed by atoms with E-state index >= 15 is 0 Å². The molecule has 0 aliphatic carbocycles. The Labute approximate surface area is 225 Å². The minimum atomic E-state index is -4.04. The fourth-order valence-electron chi connectivity index (χ4n) is 4.42. The van der Waals surface area contributed by atoms with Crippen molar-refractivity contribution in [3.8, 4) is 5.75 Å². The lowest BCUT2D eigenvalue weighted by Gasteiger charge is -2.22. The lowest BCUT2D eigenvalue weighted by atomic mass is 10.1. The van der Waals surface area contributed by atoms with Crippen LogP contribution in [0, 0.1) is 5.82 Å². The number of methoxy groups -OCH3 is 1. The van der Waals surface area contributed by atoms with Gasteiger partial charge in [0.15, 0.2) is 5.82 Å². The third kappa shape index (κ3) is 6.03. The molecule has 5 rings (SSSR count). The van der Waals surface area contributed by atoms with Crippen molar-refractivity contribution in [1.82, 2.24) is 20.4 Å². The van der Waals surface area contributed by atoms with Gasteiger partial charge in [-0.2, -0.15) is 5.10 Å². The van der Waals surface area contributed by atoms with Gasteiger partial charge in [0.05, 0.1) is 42.7 Å². The maximum absolute atomic E-state index is 13.3. The molecule has 1 unspecified atom stereocenters. The number of carbonyl (C=O) groups is 1. The number of halogens is 1. The highest BCUT2D eigenvalue weighted by atomic mass is 32.2. The molecule has 1 aromatic heterocycles. The van der Waals surface area contributed by atoms with Crippen LogP contribution in [0.25, 0.3) is 10.9 Å². The molecule has 0 bridgehead atoms. The van der Waals surface area contributed by atoms with E-state index in [1.54, 1.807) is 16.8 Å². The number of fused-ring (bicyclic) bond motifs is 1. The zero-order valence-corrected chi connectivity index (χ0v) is 22.0. The fraction of sp³-hybridized carbons (Fsp3) is 0.259. The molecule has 0 radical (unpaired) electrons. The standard InChI is InChI=1S/C27H28FN5O5S/c1-37-24-7-3-6-23-25(24)26(32-39(35,36)21-10-8-20(28)9-11-21)31-33(23)16-19-5-2-4-18(14-19)15-30-27(34)22-17-38-13-12-29-22/h2-11,14,22,29H,12-13,15-17H2,1H3,(H,30,34)(H,31,32). The minimum Gasteiger partial charge on any atom is -0.496 e. The molecule has 0 saturated carbocycles. The number of morpholine rings is 1. The molecule has 1 amide bonds. The van der Waals surface area contributed by atoms with Crippen molar-refractivity contribution in [3.05, 3.63) is 83.7 Å². The Morgan fingerprint density at radius 3 is 2.67 bits per heavy atom. The van der Waals surface area contributed by atoms with Crippen LogP contribution in [0.2, 0.25) is 0 Å². The number of rotatable bonds is 9. The summed E-state index contributed by atoms with van der Waals surface area (Å²) in [6.07, 6.45) is 0. The SMILES string of the molecule is COc1cccc2c1c(NS(=O)(=O)c1ccc(F)cc1)nn2Cc1cccc(CNC(=O)C2COCCN2)c1. The zero-order valence-electron chi connectivity index (χ0n) is 21.2. The van der Waals surface area contributed by atoms with E-state index in [0.717, 1.165) is 23.3 Å². The molecule has 1 saturated heterocycles. The van der Waals surface area contributed by atoms with E-state index in [1.807, 2.05) is 30.3 Å². The number of anilines is 1. The van der Waals surface area contributed by atoms with Gasteiger partial charge < -0.3 is 20.1 Å². The summed E-state index contributed by atoms with van der Waals surface area (Å²) in [5.41, 5.74) is 2.47. The molecule has 10 nitrogen and oxygen atoms in total. The predicted molar refractivity (Wildman–Crippen MR) is 143 cm³/mol. The topological polar surface area (TPSA) is 124 Å². The fourth-order valence-corrected chi connectivity index (χ4v) is 5.43. The monoisotopic (exact) mass is 553 g/mol. The second-order valence-electron chi connectivity index (χ2n) is 9.04. The number of carbonyl (C=O) groups excluding carboxylic acids is 1. The van der Waals surface area contributed by atoms with Crippen molar-refractivity contribution in [1.29, 1.82) is 0 Å². The smallest absolute Gasteiger partial charge is 0.263 e. The van der Waals surface area contributed by atoms with E-state index < -0.39 is 15.8 Å². The summed E-state index contributed by atoms with van der Waals surface area (Å²) in [4.78, 5) is 12.3. The maximum Gasteiger partial charge on any atom is 0.263 e. The van der Waals surface area contributed by atoms with Gasteiger partial charge in [-0.05, 0) is 47.5 Å². The first-order chi connectivity index (χ1) is 18.8. The quantitative estimate of drug-likeness (QED) is 0.291. The van der Waals surface area contributed by atoms with Gasteiger partial charge >= 0.3 is 0 Å². The molecule has 39 heavy (non-hydrogen) atoms. The first-order valence-electron chi connectivity index (χ1n) is 12.3. The normalized spacial score (nSPS) is 15.7. The van der Waals surface area contributed by atoms with Crippen LogP contribution in [0.15, 0.2) is 71.6 Å². The molecule has 1 fully saturated rings. The number of benzene rings is 3. The highest BCUT2D eigenvalue weighted by Crippen LogP contribution is 2.33. The number of ether oxygens (including phenoxy) is 2. The largest absolute Gasteiger partial charge is 0.496 e. The number of nitrogens with one attached hydrogen (secondary N) is 3. The lowest BCUT2D eigenvalue weighted by molar-refractivity contribution is -0.126. The summed E-state index contributed by atoms with van der Waals surface area (Å²) in [6.45, 7) is 2.26. The Bertz CT molecular complexity index is 1580. The summed E-state index contributed by atoms with van der Waals surface area (Å²) in [5.74, 6) is -0.111. The molecule has 4 aromatic rings. The Morgan fingerprint density at radius 1 is 1.15 bits per heavy atom. The molecule has 1 atom stereocenters. The summed E-state index contributed by atoms with van der Waals surface area (Å²) in [6, 6.07) is 17.2. The molecule has 3 N–H and O–H groups in total. The first kappa shape index (κ1) is 26.6. The number of hydrogen-bond acceptors (Lipinski definition) is 7. The third-order valence-electron chi connectivity index (χ3n) is 6.34. The average Bonchev–Trinajstić information content (AvgIpc) is 3.28. The van der Waals surface area contributed by atoms with Crippen LogP contribution >= 0.6 is 0 Å². The van der Waals surface area contributed by atoms with Crippen molar-refractivity contribution in [2.75, 3.05) is 31.6 Å². The predicted octanol–water partition coefficient (Wildman–Crippen LogP) is 2.64. The van der Waals surface area contributed by atoms with Gasteiger partial charge in [0.2, 0.25) is 5.91 Å². The number of aromatic nitrogens is 2. The summed E-state index contributed by atoms with van der Waals surface area (Å²) in [5, 5.41) is 11.1. The van der Waals surface area contributed by atoms with Crippen LogP contribution in [-0.4, -0.2) is 57.0 Å². The zero-order chi connectivity index (χ0) is 27.4. The van der Waals surface area contributed by atoms with E-state index in [2.05, 4.69) is 20.5 Å². The molecule has 3 aromatic carbocycles. The van der Waals surface area contributed by atoms with Crippen molar-refractivity contribution < 1.29 is 27.1 Å². The molecule has 1 aliphatic rings. The third-order valence-corrected chi connectivity index (χ3v) is 7.70.